The number of nitro benzene ring substituents is 1. The van der Waals surface area contributed by atoms with Gasteiger partial charge in [0.2, 0.25) is 5.91 Å². The minimum Gasteiger partial charge on any atom is -0.365 e. The van der Waals surface area contributed by atoms with Crippen LogP contribution in [0.25, 0.3) is 0 Å². The van der Waals surface area contributed by atoms with E-state index in [1.807, 2.05) is 4.90 Å². The largest absolute Gasteiger partial charge is 0.365 e. The summed E-state index contributed by atoms with van der Waals surface area (Å²) in [7, 11) is 0. The van der Waals surface area contributed by atoms with Crippen LogP contribution >= 0.6 is 0 Å². The molecule has 128 valence electrons. The maximum Gasteiger partial charge on any atom is 0.292 e. The molecule has 0 spiro atoms. The van der Waals surface area contributed by atoms with E-state index in [1.54, 1.807) is 0 Å². The molecular formula is C17H20FN3O3. The smallest absolute Gasteiger partial charge is 0.292 e. The molecule has 0 radical (unpaired) electrons. The van der Waals surface area contributed by atoms with E-state index in [4.69, 9.17) is 0 Å². The quantitative estimate of drug-likeness (QED) is 0.630. The highest BCUT2D eigenvalue weighted by atomic mass is 19.1. The van der Waals surface area contributed by atoms with Crippen LogP contribution in [0, 0.1) is 21.8 Å². The summed E-state index contributed by atoms with van der Waals surface area (Å²) in [6.07, 6.45) is 4.34. The molecule has 0 N–H and O–H groups in total. The monoisotopic (exact) mass is 333 g/mol. The molecule has 0 aromatic heterocycles. The molecule has 0 unspecified atom stereocenters. The lowest BCUT2D eigenvalue weighted by Gasteiger charge is -2.47. The van der Waals surface area contributed by atoms with Gasteiger partial charge in [-0.25, -0.2) is 4.39 Å². The number of hydrogen-bond donors (Lipinski definition) is 0. The first-order valence-corrected chi connectivity index (χ1v) is 8.54. The van der Waals surface area contributed by atoms with Crippen molar-refractivity contribution >= 4 is 17.3 Å². The van der Waals surface area contributed by atoms with Gasteiger partial charge in [0.05, 0.1) is 4.92 Å². The van der Waals surface area contributed by atoms with E-state index < -0.39 is 10.7 Å². The van der Waals surface area contributed by atoms with Gasteiger partial charge in [-0.3, -0.25) is 14.9 Å². The molecule has 2 heterocycles. The molecule has 3 aliphatic rings. The van der Waals surface area contributed by atoms with Gasteiger partial charge in [0, 0.05) is 43.7 Å². The van der Waals surface area contributed by atoms with Gasteiger partial charge in [0.15, 0.2) is 0 Å². The van der Waals surface area contributed by atoms with Crippen molar-refractivity contribution in [3.8, 4) is 0 Å². The molecule has 2 atom stereocenters. The highest BCUT2D eigenvalue weighted by Crippen LogP contribution is 2.41. The predicted octanol–water partition coefficient (Wildman–Crippen LogP) is 2.71. The standard InChI is InChI=1S/C17H20FN3O3/c18-12-2-5-15(21(23)24)16(9-12)19-8-7-14-11(10-19)1-6-17(22)20(14)13-3-4-13/h2,5,9,11,13-14H,1,3-4,6-8,10H2/t11-,14+/m1/s1. The zero-order chi connectivity index (χ0) is 16.8. The van der Waals surface area contributed by atoms with Crippen molar-refractivity contribution in [2.75, 3.05) is 18.0 Å². The van der Waals surface area contributed by atoms with Crippen molar-refractivity contribution in [2.24, 2.45) is 5.92 Å². The molecule has 0 bridgehead atoms. The third-order valence-electron chi connectivity index (χ3n) is 5.48. The predicted molar refractivity (Wildman–Crippen MR) is 86.3 cm³/mol. The summed E-state index contributed by atoms with van der Waals surface area (Å²) >= 11 is 0. The molecule has 2 aliphatic heterocycles. The van der Waals surface area contributed by atoms with Crippen LogP contribution in [0.4, 0.5) is 15.8 Å². The number of nitrogens with zero attached hydrogens (tertiary/aromatic N) is 3. The Morgan fingerprint density at radius 3 is 2.71 bits per heavy atom. The Morgan fingerprint density at radius 1 is 1.21 bits per heavy atom. The van der Waals surface area contributed by atoms with Crippen molar-refractivity contribution in [3.63, 3.8) is 0 Å². The van der Waals surface area contributed by atoms with Crippen LogP contribution in [0.1, 0.15) is 32.1 Å². The molecule has 1 aliphatic carbocycles. The Hall–Kier alpha value is -2.18. The SMILES string of the molecule is O=C1CC[C@@H]2CN(c3cc(F)ccc3[N+](=O)[O-])CC[C@@H]2N1C1CC1. The average Bonchev–Trinajstić information content (AvgIpc) is 3.38. The fourth-order valence-corrected chi connectivity index (χ4v) is 4.24. The van der Waals surface area contributed by atoms with Crippen molar-refractivity contribution in [2.45, 2.75) is 44.2 Å². The number of amides is 1. The highest BCUT2D eigenvalue weighted by Gasteiger charge is 2.45. The van der Waals surface area contributed by atoms with E-state index in [1.165, 1.54) is 12.1 Å². The Bertz CT molecular complexity index is 692. The molecular weight excluding hydrogens is 313 g/mol. The maximum absolute atomic E-state index is 13.6. The van der Waals surface area contributed by atoms with E-state index in [0.717, 1.165) is 31.7 Å². The first-order valence-electron chi connectivity index (χ1n) is 8.54. The second-order valence-corrected chi connectivity index (χ2v) is 7.02. The van der Waals surface area contributed by atoms with Crippen molar-refractivity contribution in [3.05, 3.63) is 34.1 Å². The van der Waals surface area contributed by atoms with Crippen LogP contribution in [0.3, 0.4) is 0 Å². The number of fused-ring (bicyclic) bond motifs is 1. The number of halogens is 1. The van der Waals surface area contributed by atoms with Crippen molar-refractivity contribution < 1.29 is 14.1 Å². The molecule has 6 nitrogen and oxygen atoms in total. The third-order valence-corrected chi connectivity index (χ3v) is 5.48. The van der Waals surface area contributed by atoms with Gasteiger partial charge >= 0.3 is 0 Å². The minimum atomic E-state index is -0.462. The number of likely N-dealkylation sites (tertiary alicyclic amines) is 1. The van der Waals surface area contributed by atoms with Crippen LogP contribution < -0.4 is 4.90 Å². The molecule has 24 heavy (non-hydrogen) atoms. The number of anilines is 1. The van der Waals surface area contributed by atoms with Crippen molar-refractivity contribution in [1.29, 1.82) is 0 Å². The van der Waals surface area contributed by atoms with E-state index >= 15 is 0 Å². The maximum atomic E-state index is 13.6. The van der Waals surface area contributed by atoms with Crippen molar-refractivity contribution in [1.82, 2.24) is 4.90 Å². The number of nitro groups is 1. The first-order chi connectivity index (χ1) is 11.5. The Labute approximate surface area is 139 Å². The zero-order valence-electron chi connectivity index (χ0n) is 13.4. The highest BCUT2D eigenvalue weighted by molar-refractivity contribution is 5.78. The molecule has 1 aromatic rings. The Balaban J connectivity index is 1.58. The number of benzene rings is 1. The average molecular weight is 333 g/mol. The number of hydrogen-bond acceptors (Lipinski definition) is 4. The van der Waals surface area contributed by atoms with Gasteiger partial charge in [0.25, 0.3) is 5.69 Å². The lowest BCUT2D eigenvalue weighted by atomic mass is 9.83. The fraction of sp³-hybridized carbons (Fsp3) is 0.588. The van der Waals surface area contributed by atoms with E-state index in [-0.39, 0.29) is 17.6 Å². The van der Waals surface area contributed by atoms with Gasteiger partial charge in [-0.2, -0.15) is 0 Å². The van der Waals surface area contributed by atoms with Crippen LogP contribution in [0.2, 0.25) is 0 Å². The van der Waals surface area contributed by atoms with Crippen LogP contribution in [0.15, 0.2) is 18.2 Å². The molecule has 1 aromatic carbocycles. The minimum absolute atomic E-state index is 0.0548. The third kappa shape index (κ3) is 2.61. The van der Waals surface area contributed by atoms with Crippen LogP contribution in [-0.2, 0) is 4.79 Å². The molecule has 2 saturated heterocycles. The van der Waals surface area contributed by atoms with Gasteiger partial charge in [-0.15, -0.1) is 0 Å². The van der Waals surface area contributed by atoms with E-state index in [0.29, 0.717) is 37.2 Å². The van der Waals surface area contributed by atoms with E-state index in [2.05, 4.69) is 4.90 Å². The zero-order valence-corrected chi connectivity index (χ0v) is 13.4. The molecule has 4 rings (SSSR count). The molecule has 7 heteroatoms. The van der Waals surface area contributed by atoms with Crippen LogP contribution in [-0.4, -0.2) is 40.9 Å². The summed E-state index contributed by atoms with van der Waals surface area (Å²) in [6, 6.07) is 4.26. The second kappa shape index (κ2) is 5.72. The summed E-state index contributed by atoms with van der Waals surface area (Å²) < 4.78 is 13.6. The normalized spacial score (nSPS) is 27.1. The molecule has 1 amide bonds. The summed E-state index contributed by atoms with van der Waals surface area (Å²) in [6.45, 7) is 1.26. The Morgan fingerprint density at radius 2 is 2.00 bits per heavy atom. The topological polar surface area (TPSA) is 66.7 Å². The lowest BCUT2D eigenvalue weighted by molar-refractivity contribution is -0.384. The van der Waals surface area contributed by atoms with E-state index in [9.17, 15) is 19.3 Å². The molecule has 1 saturated carbocycles. The number of carbonyl (C=O) groups is 1. The summed E-state index contributed by atoms with van der Waals surface area (Å²) in [5.74, 6) is 0.0972. The van der Waals surface area contributed by atoms with Crippen LogP contribution in [0.5, 0.6) is 0 Å². The van der Waals surface area contributed by atoms with Gasteiger partial charge in [0.1, 0.15) is 11.5 Å². The lowest BCUT2D eigenvalue weighted by Crippen LogP contribution is -2.56. The fourth-order valence-electron chi connectivity index (χ4n) is 4.24. The van der Waals surface area contributed by atoms with Gasteiger partial charge < -0.3 is 9.80 Å². The summed E-state index contributed by atoms with van der Waals surface area (Å²) in [5.41, 5.74) is 0.300. The number of piperidine rings is 2. The first kappa shape index (κ1) is 15.4. The summed E-state index contributed by atoms with van der Waals surface area (Å²) in [5, 5.41) is 11.3. The Kier molecular flexibility index (Phi) is 3.66. The van der Waals surface area contributed by atoms with Gasteiger partial charge in [-0.1, -0.05) is 0 Å². The number of rotatable bonds is 3. The number of carbonyl (C=O) groups excluding carboxylic acids is 1. The van der Waals surface area contributed by atoms with Gasteiger partial charge in [-0.05, 0) is 37.7 Å². The molecule has 3 fully saturated rings. The second-order valence-electron chi connectivity index (χ2n) is 7.02. The summed E-state index contributed by atoms with van der Waals surface area (Å²) in [4.78, 5) is 27.0.